The lowest BCUT2D eigenvalue weighted by atomic mass is 9.66. The molecule has 1 saturated heterocycles. The number of amides is 1. The number of ketones is 1. The van der Waals surface area contributed by atoms with Gasteiger partial charge in [-0.25, -0.2) is 4.79 Å². The van der Waals surface area contributed by atoms with Crippen molar-refractivity contribution < 1.29 is 86.2 Å². The van der Waals surface area contributed by atoms with Gasteiger partial charge < -0.3 is 49.3 Å². The summed E-state index contributed by atoms with van der Waals surface area (Å²) in [6, 6.07) is 8.29. The Balaban J connectivity index is 0.000000562. The second-order valence-electron chi connectivity index (χ2n) is 24.8. The van der Waals surface area contributed by atoms with Gasteiger partial charge in [-0.05, 0) is 156 Å². The molecule has 4 N–H and O–H groups in total. The molecule has 0 bridgehead atoms. The molecule has 1 amide bonds. The van der Waals surface area contributed by atoms with Crippen LogP contribution in [0.25, 0.3) is 0 Å². The molecule has 532 valence electrons. The minimum Gasteiger partial charge on any atom is -0.481 e. The number of nitrogens with one attached hydrogen (secondary N) is 1. The van der Waals surface area contributed by atoms with Gasteiger partial charge in [-0.2, -0.15) is 21.0 Å². The first-order valence-electron chi connectivity index (χ1n) is 34.8. The fourth-order valence-corrected chi connectivity index (χ4v) is 13.2. The Labute approximate surface area is 563 Å². The van der Waals surface area contributed by atoms with Crippen LogP contribution in [-0.2, 0) is 81.1 Å². The monoisotopic (exact) mass is 1330 g/mol. The lowest BCUT2D eigenvalue weighted by molar-refractivity contribution is -0.168. The van der Waals surface area contributed by atoms with Crippen molar-refractivity contribution >= 4 is 59.4 Å². The van der Waals surface area contributed by atoms with Gasteiger partial charge >= 0.3 is 47.8 Å². The number of carboxylic acid groups (broad SMARTS) is 1. The maximum atomic E-state index is 12.0. The average Bonchev–Trinajstić information content (AvgIpc) is 1.69. The molecule has 0 radical (unpaired) electrons. The molecule has 6 aliphatic carbocycles. The minimum absolute atomic E-state index is 0.0793. The molecule has 6 saturated carbocycles. The first kappa shape index (κ1) is 85.6. The Hall–Kier alpha value is -7.44. The van der Waals surface area contributed by atoms with Crippen molar-refractivity contribution in [3.8, 4) is 24.3 Å². The Morgan fingerprint density at radius 3 is 1.29 bits per heavy atom. The summed E-state index contributed by atoms with van der Waals surface area (Å²) in [4.78, 5) is 113. The van der Waals surface area contributed by atoms with E-state index in [1.54, 1.807) is 48.5 Å². The number of carboxylic acids is 1. The fraction of sp³-hybridized carbons (Fsp3) is 0.775. The van der Waals surface area contributed by atoms with Crippen LogP contribution >= 0.6 is 0 Å². The van der Waals surface area contributed by atoms with E-state index in [4.69, 9.17) is 45.0 Å². The molecule has 7 aliphatic rings. The van der Waals surface area contributed by atoms with Gasteiger partial charge in [0.05, 0.1) is 81.7 Å². The van der Waals surface area contributed by atoms with E-state index in [-0.39, 0.29) is 74.2 Å². The lowest BCUT2D eigenvalue weighted by Crippen LogP contribution is -2.43. The highest BCUT2D eigenvalue weighted by molar-refractivity contribution is 6.00. The van der Waals surface area contributed by atoms with Crippen LogP contribution in [0.5, 0.6) is 0 Å². The summed E-state index contributed by atoms with van der Waals surface area (Å²) in [7, 11) is 0. The molecule has 0 aromatic carbocycles. The van der Waals surface area contributed by atoms with E-state index in [2.05, 4.69) is 26.9 Å². The van der Waals surface area contributed by atoms with E-state index < -0.39 is 70.4 Å². The number of aliphatic carboxylic acids is 1. The van der Waals surface area contributed by atoms with Gasteiger partial charge in [0.15, 0.2) is 11.8 Å². The van der Waals surface area contributed by atoms with Crippen molar-refractivity contribution in [3.05, 3.63) is 11.1 Å². The van der Waals surface area contributed by atoms with Gasteiger partial charge in [0.25, 0.3) is 0 Å². The molecule has 0 aromatic rings. The second-order valence-corrected chi connectivity index (χ2v) is 24.8. The van der Waals surface area contributed by atoms with Gasteiger partial charge in [-0.1, -0.05) is 89.9 Å². The number of hydrogen-bond acceptors (Lipinski definition) is 22. The third-order valence-corrected chi connectivity index (χ3v) is 18.2. The molecule has 2 atom stereocenters. The van der Waals surface area contributed by atoms with Crippen molar-refractivity contribution in [2.75, 3.05) is 59.3 Å². The van der Waals surface area contributed by atoms with Crippen LogP contribution in [0.15, 0.2) is 11.1 Å². The number of Topliss-reactive ketones (excluding diaryl/α,β-unsaturated/α-hetero) is 1. The number of rotatable bonds is 19. The molecule has 24 heteroatoms. The molecule has 7 rings (SSSR count). The van der Waals surface area contributed by atoms with Crippen molar-refractivity contribution in [2.24, 2.45) is 45.1 Å². The summed E-state index contributed by atoms with van der Waals surface area (Å²) < 4.78 is 33.7. The number of carbonyl (C=O) groups is 10. The summed E-state index contributed by atoms with van der Waals surface area (Å²) >= 11 is 0. The number of nitriles is 4. The normalized spacial score (nSPS) is 19.4. The molecular formula is C71H110N6O18. The number of hydrogen-bond donors (Lipinski definition) is 3. The van der Waals surface area contributed by atoms with E-state index in [0.717, 1.165) is 147 Å². The number of nitrogens with zero attached hydrogens (tertiary/aromatic N) is 4. The molecule has 1 heterocycles. The van der Waals surface area contributed by atoms with E-state index in [9.17, 15) is 58.5 Å². The summed E-state index contributed by atoms with van der Waals surface area (Å²) in [5, 5.41) is 48.2. The molecular weight excluding hydrogens is 1220 g/mol. The van der Waals surface area contributed by atoms with Crippen LogP contribution < -0.4 is 11.1 Å². The van der Waals surface area contributed by atoms with Crippen LogP contribution in [0.1, 0.15) is 254 Å². The zero-order chi connectivity index (χ0) is 71.1. The first-order chi connectivity index (χ1) is 45.6. The Morgan fingerprint density at radius 2 is 0.916 bits per heavy atom. The Kier molecular flexibility index (Phi) is 43.5. The average molecular weight is 1340 g/mol. The van der Waals surface area contributed by atoms with Crippen molar-refractivity contribution in [1.29, 1.82) is 21.0 Å². The van der Waals surface area contributed by atoms with Crippen LogP contribution in [0.2, 0.25) is 0 Å². The molecule has 2 unspecified atom stereocenters. The van der Waals surface area contributed by atoms with Gasteiger partial charge in [-0.15, -0.1) is 0 Å². The number of carbonyl (C=O) groups excluding carboxylic acids is 9. The van der Waals surface area contributed by atoms with Crippen LogP contribution in [0, 0.1) is 84.7 Å². The predicted molar refractivity (Wildman–Crippen MR) is 349 cm³/mol. The number of allylic oxidation sites excluding steroid dienone is 1. The zero-order valence-electron chi connectivity index (χ0n) is 58.0. The molecule has 24 nitrogen and oxygen atoms in total. The summed E-state index contributed by atoms with van der Waals surface area (Å²) in [5.41, 5.74) is 4.84. The highest BCUT2D eigenvalue weighted by Gasteiger charge is 2.54. The van der Waals surface area contributed by atoms with E-state index in [1.807, 2.05) is 12.1 Å². The summed E-state index contributed by atoms with van der Waals surface area (Å²) in [5.74, 6) is -6.66. The SMILES string of the molecule is CCOC(=O)C(C#N)=C1CCCCC1.CCOC(=O)C(C#N)C1(C#N)CCCCC1.CCOC(=O)C(C(=O)OCC)C1(C#N)CCCCC1.CCOC(=O)C1C(=O)NCC12CCCCC2.CCOC(=O)CC(=O)OCC.NCC1(CC(=O)O)CCCCC1.O=C1CCCCC1. The topological polar surface area (TPSA) is 389 Å². The Bertz CT molecular complexity index is 2570. The highest BCUT2D eigenvalue weighted by atomic mass is 16.6. The molecule has 1 spiro atoms. The van der Waals surface area contributed by atoms with Gasteiger partial charge in [0.1, 0.15) is 29.8 Å². The standard InChI is InChI=1S/C14H21NO4.C12H16N2O2.C12H19NO3.C11H15NO2.C9H17NO2.C7H12O4.C6H10O/c1-3-18-12(16)11(13(17)19-4-2)14(10-15)8-6-5-7-9-14;1-2-16-11(15)10(8-13)12(9-14)6-4-3-5-7-12;1-2-16-11(15)9-10(14)13-8-12(9)6-4-3-5-7-12;1-2-14-11(13)10(8-12)9-6-4-3-5-7-9;10-7-9(6-8(11)12)4-2-1-3-5-9;1-3-10-6(8)5-7(9)11-4-2;7-6-4-2-1-3-5-6/h11H,3-9H2,1-2H3;10H,2-7H2,1H3;9H,2-8H2,1H3,(H,13,14);2-7H2,1H3;1-7,10H2,(H,11,12);3-5H2,1-2H3;1-5H2. The number of ether oxygens (including phenoxy) is 7. The lowest BCUT2D eigenvalue weighted by Gasteiger charge is -2.35. The van der Waals surface area contributed by atoms with Gasteiger partial charge in [0, 0.05) is 24.8 Å². The smallest absolute Gasteiger partial charge is 0.348 e. The quantitative estimate of drug-likeness (QED) is 0.0355. The molecule has 95 heavy (non-hydrogen) atoms. The van der Waals surface area contributed by atoms with Crippen LogP contribution in [0.4, 0.5) is 0 Å². The van der Waals surface area contributed by atoms with Crippen molar-refractivity contribution in [2.45, 2.75) is 254 Å². The molecule has 0 aromatic heterocycles. The largest absolute Gasteiger partial charge is 0.481 e. The number of nitrogens with two attached hydrogens (primary N) is 1. The molecule has 1 aliphatic heterocycles. The maximum Gasteiger partial charge on any atom is 0.348 e. The third-order valence-electron chi connectivity index (χ3n) is 18.2. The van der Waals surface area contributed by atoms with Crippen LogP contribution in [-0.4, -0.2) is 124 Å². The second kappa shape index (κ2) is 48.3. The van der Waals surface area contributed by atoms with E-state index in [0.29, 0.717) is 57.8 Å². The summed E-state index contributed by atoms with van der Waals surface area (Å²) in [6.07, 6.45) is 29.2. The van der Waals surface area contributed by atoms with Crippen molar-refractivity contribution in [1.82, 2.24) is 5.32 Å². The van der Waals surface area contributed by atoms with Crippen molar-refractivity contribution in [3.63, 3.8) is 0 Å². The summed E-state index contributed by atoms with van der Waals surface area (Å²) in [6.45, 7) is 15.0. The molecule has 7 fully saturated rings. The third kappa shape index (κ3) is 30.0. The van der Waals surface area contributed by atoms with Gasteiger partial charge in [0.2, 0.25) is 5.91 Å². The minimum atomic E-state index is -1.11. The fourth-order valence-electron chi connectivity index (χ4n) is 13.2. The first-order valence-corrected chi connectivity index (χ1v) is 34.8. The van der Waals surface area contributed by atoms with Gasteiger partial charge in [-0.3, -0.25) is 43.2 Å². The van der Waals surface area contributed by atoms with Crippen LogP contribution in [0.3, 0.4) is 0 Å². The predicted octanol–water partition coefficient (Wildman–Crippen LogP) is 11.3. The Morgan fingerprint density at radius 1 is 0.516 bits per heavy atom. The maximum absolute atomic E-state index is 12.0. The number of esters is 7. The van der Waals surface area contributed by atoms with E-state index >= 15 is 0 Å². The van der Waals surface area contributed by atoms with E-state index in [1.165, 1.54) is 25.7 Å². The zero-order valence-corrected chi connectivity index (χ0v) is 58.0. The highest BCUT2D eigenvalue weighted by Crippen LogP contribution is 2.47.